The van der Waals surface area contributed by atoms with Gasteiger partial charge in [-0.1, -0.05) is 20.8 Å². The Bertz CT molecular complexity index is 103. The second-order valence-electron chi connectivity index (χ2n) is 4.86. The van der Waals surface area contributed by atoms with Gasteiger partial charge in [0.05, 0.1) is 0 Å². The molecule has 0 aliphatic rings. The third kappa shape index (κ3) is 9.92. The van der Waals surface area contributed by atoms with Gasteiger partial charge < -0.3 is 10.2 Å². The SMILES string of the molecule is CN(C)CCNCCC(C)(C)C. The van der Waals surface area contributed by atoms with Crippen LogP contribution in [0.25, 0.3) is 0 Å². The van der Waals surface area contributed by atoms with Crippen molar-refractivity contribution in [3.05, 3.63) is 0 Å². The van der Waals surface area contributed by atoms with Gasteiger partial charge in [-0.05, 0) is 32.5 Å². The molecule has 0 aromatic heterocycles. The molecule has 0 saturated carbocycles. The molecule has 0 spiro atoms. The van der Waals surface area contributed by atoms with Gasteiger partial charge in [0.1, 0.15) is 0 Å². The Morgan fingerprint density at radius 2 is 1.67 bits per heavy atom. The summed E-state index contributed by atoms with van der Waals surface area (Å²) in [5, 5.41) is 3.43. The van der Waals surface area contributed by atoms with E-state index in [0.717, 1.165) is 19.6 Å². The zero-order valence-electron chi connectivity index (χ0n) is 9.28. The maximum atomic E-state index is 3.43. The topological polar surface area (TPSA) is 15.3 Å². The zero-order chi connectivity index (χ0) is 9.61. The molecule has 0 saturated heterocycles. The van der Waals surface area contributed by atoms with Crippen molar-refractivity contribution in [2.75, 3.05) is 33.7 Å². The molecule has 0 bridgehead atoms. The molecule has 0 radical (unpaired) electrons. The highest BCUT2D eigenvalue weighted by Crippen LogP contribution is 2.16. The lowest BCUT2D eigenvalue weighted by Gasteiger charge is -2.18. The molecule has 0 aliphatic carbocycles. The minimum Gasteiger partial charge on any atom is -0.315 e. The Hall–Kier alpha value is -0.0800. The van der Waals surface area contributed by atoms with E-state index >= 15 is 0 Å². The number of hydrogen-bond acceptors (Lipinski definition) is 2. The van der Waals surface area contributed by atoms with Crippen LogP contribution in [-0.2, 0) is 0 Å². The highest BCUT2D eigenvalue weighted by atomic mass is 15.1. The standard InChI is InChI=1S/C10H24N2/c1-10(2,3)6-7-11-8-9-12(4)5/h11H,6-9H2,1-5H3. The van der Waals surface area contributed by atoms with Crippen molar-refractivity contribution >= 4 is 0 Å². The number of rotatable bonds is 5. The first kappa shape index (κ1) is 11.9. The predicted molar refractivity (Wildman–Crippen MR) is 55.5 cm³/mol. The van der Waals surface area contributed by atoms with Gasteiger partial charge in [-0.15, -0.1) is 0 Å². The molecular weight excluding hydrogens is 148 g/mol. The Kier molecular flexibility index (Phi) is 5.51. The van der Waals surface area contributed by atoms with Gasteiger partial charge in [0.25, 0.3) is 0 Å². The largest absolute Gasteiger partial charge is 0.315 e. The van der Waals surface area contributed by atoms with Crippen LogP contribution in [0.2, 0.25) is 0 Å². The van der Waals surface area contributed by atoms with E-state index in [1.807, 2.05) is 0 Å². The molecule has 0 atom stereocenters. The molecule has 74 valence electrons. The molecule has 0 heterocycles. The third-order valence-corrected chi connectivity index (χ3v) is 1.79. The van der Waals surface area contributed by atoms with Crippen LogP contribution in [0.5, 0.6) is 0 Å². The third-order valence-electron chi connectivity index (χ3n) is 1.79. The summed E-state index contributed by atoms with van der Waals surface area (Å²) in [7, 11) is 4.21. The van der Waals surface area contributed by atoms with Crippen molar-refractivity contribution < 1.29 is 0 Å². The van der Waals surface area contributed by atoms with Crippen LogP contribution in [0.15, 0.2) is 0 Å². The van der Waals surface area contributed by atoms with Crippen molar-refractivity contribution in [2.45, 2.75) is 27.2 Å². The van der Waals surface area contributed by atoms with Gasteiger partial charge in [-0.3, -0.25) is 0 Å². The minimum atomic E-state index is 0.463. The summed E-state index contributed by atoms with van der Waals surface area (Å²) in [6, 6.07) is 0. The summed E-state index contributed by atoms with van der Waals surface area (Å²) in [6.07, 6.45) is 1.25. The highest BCUT2D eigenvalue weighted by Gasteiger charge is 2.08. The van der Waals surface area contributed by atoms with Crippen LogP contribution in [0.3, 0.4) is 0 Å². The molecule has 0 aromatic carbocycles. The quantitative estimate of drug-likeness (QED) is 0.633. The zero-order valence-corrected chi connectivity index (χ0v) is 9.28. The number of nitrogens with zero attached hydrogens (tertiary/aromatic N) is 1. The molecule has 2 heteroatoms. The molecule has 2 nitrogen and oxygen atoms in total. The van der Waals surface area contributed by atoms with Gasteiger partial charge in [0.15, 0.2) is 0 Å². The van der Waals surface area contributed by atoms with Crippen LogP contribution in [0, 0.1) is 5.41 Å². The summed E-state index contributed by atoms with van der Waals surface area (Å²) >= 11 is 0. The first-order valence-electron chi connectivity index (χ1n) is 4.77. The fraction of sp³-hybridized carbons (Fsp3) is 1.00. The first-order valence-corrected chi connectivity index (χ1v) is 4.77. The Morgan fingerprint density at radius 3 is 2.08 bits per heavy atom. The van der Waals surface area contributed by atoms with Gasteiger partial charge in [-0.25, -0.2) is 0 Å². The average Bonchev–Trinajstić information content (AvgIpc) is 1.83. The van der Waals surface area contributed by atoms with Gasteiger partial charge in [0, 0.05) is 13.1 Å². The Labute approximate surface area is 77.3 Å². The van der Waals surface area contributed by atoms with Gasteiger partial charge >= 0.3 is 0 Å². The van der Waals surface area contributed by atoms with Crippen LogP contribution in [0.4, 0.5) is 0 Å². The van der Waals surface area contributed by atoms with Gasteiger partial charge in [-0.2, -0.15) is 0 Å². The maximum absolute atomic E-state index is 3.43. The van der Waals surface area contributed by atoms with E-state index in [0.29, 0.717) is 5.41 Å². The van der Waals surface area contributed by atoms with E-state index < -0.39 is 0 Å². The first-order chi connectivity index (χ1) is 5.42. The van der Waals surface area contributed by atoms with E-state index in [9.17, 15) is 0 Å². The predicted octanol–water partition coefficient (Wildman–Crippen LogP) is 1.57. The van der Waals surface area contributed by atoms with E-state index in [1.165, 1.54) is 6.42 Å². The van der Waals surface area contributed by atoms with Crippen molar-refractivity contribution in [3.8, 4) is 0 Å². The number of likely N-dealkylation sites (N-methyl/N-ethyl adjacent to an activating group) is 1. The minimum absolute atomic E-state index is 0.463. The van der Waals surface area contributed by atoms with Crippen molar-refractivity contribution in [1.29, 1.82) is 0 Å². The van der Waals surface area contributed by atoms with Crippen LogP contribution < -0.4 is 5.32 Å². The van der Waals surface area contributed by atoms with E-state index in [-0.39, 0.29) is 0 Å². The van der Waals surface area contributed by atoms with E-state index in [2.05, 4.69) is 45.1 Å². The summed E-state index contributed by atoms with van der Waals surface area (Å²) in [6.45, 7) is 10.2. The van der Waals surface area contributed by atoms with Crippen LogP contribution in [-0.4, -0.2) is 38.6 Å². The lowest BCUT2D eigenvalue weighted by Crippen LogP contribution is -2.28. The molecule has 0 rings (SSSR count). The lowest BCUT2D eigenvalue weighted by molar-refractivity contribution is 0.352. The second kappa shape index (κ2) is 5.55. The van der Waals surface area contributed by atoms with Gasteiger partial charge in [0.2, 0.25) is 0 Å². The number of nitrogens with one attached hydrogen (secondary N) is 1. The summed E-state index contributed by atoms with van der Waals surface area (Å²) in [5.41, 5.74) is 0.463. The smallest absolute Gasteiger partial charge is 0.0101 e. The maximum Gasteiger partial charge on any atom is 0.0101 e. The molecule has 0 unspecified atom stereocenters. The molecule has 12 heavy (non-hydrogen) atoms. The van der Waals surface area contributed by atoms with E-state index in [4.69, 9.17) is 0 Å². The average molecular weight is 172 g/mol. The summed E-state index contributed by atoms with van der Waals surface area (Å²) in [4.78, 5) is 2.20. The van der Waals surface area contributed by atoms with Crippen molar-refractivity contribution in [1.82, 2.24) is 10.2 Å². The normalized spacial score (nSPS) is 12.5. The monoisotopic (exact) mass is 172 g/mol. The van der Waals surface area contributed by atoms with Crippen molar-refractivity contribution in [2.24, 2.45) is 5.41 Å². The Balaban J connectivity index is 3.12. The fourth-order valence-electron chi connectivity index (χ4n) is 0.891. The second-order valence-corrected chi connectivity index (χ2v) is 4.86. The molecule has 0 aliphatic heterocycles. The van der Waals surface area contributed by atoms with Crippen LogP contribution >= 0.6 is 0 Å². The van der Waals surface area contributed by atoms with Crippen molar-refractivity contribution in [3.63, 3.8) is 0 Å². The van der Waals surface area contributed by atoms with Crippen LogP contribution in [0.1, 0.15) is 27.2 Å². The summed E-state index contributed by atoms with van der Waals surface area (Å²) in [5.74, 6) is 0. The molecule has 1 N–H and O–H groups in total. The molecular formula is C10H24N2. The summed E-state index contributed by atoms with van der Waals surface area (Å²) < 4.78 is 0. The number of hydrogen-bond donors (Lipinski definition) is 1. The van der Waals surface area contributed by atoms with E-state index in [1.54, 1.807) is 0 Å². The Morgan fingerprint density at radius 1 is 1.08 bits per heavy atom. The molecule has 0 fully saturated rings. The molecule has 0 aromatic rings. The molecule has 0 amide bonds. The fourth-order valence-corrected chi connectivity index (χ4v) is 0.891. The lowest BCUT2D eigenvalue weighted by atomic mass is 9.92. The highest BCUT2D eigenvalue weighted by molar-refractivity contribution is 4.63.